The number of benzene rings is 1. The van der Waals surface area contributed by atoms with E-state index in [4.69, 9.17) is 25.8 Å². The van der Waals surface area contributed by atoms with Crippen molar-refractivity contribution in [1.82, 2.24) is 10.2 Å². The third-order valence-electron chi connectivity index (χ3n) is 3.48. The van der Waals surface area contributed by atoms with Crippen molar-refractivity contribution < 1.29 is 14.2 Å². The Labute approximate surface area is 124 Å². The van der Waals surface area contributed by atoms with Gasteiger partial charge in [-0.3, -0.25) is 4.90 Å². The number of ether oxygens (including phenoxy) is 3. The predicted octanol–water partition coefficient (Wildman–Crippen LogP) is 1.77. The molecule has 1 N–H and O–H groups in total. The molecule has 1 saturated heterocycles. The lowest BCUT2D eigenvalue weighted by Crippen LogP contribution is -2.43. The van der Waals surface area contributed by atoms with Crippen LogP contribution >= 0.6 is 11.6 Å². The van der Waals surface area contributed by atoms with Gasteiger partial charge in [-0.2, -0.15) is 0 Å². The van der Waals surface area contributed by atoms with Crippen LogP contribution in [0.15, 0.2) is 6.07 Å². The van der Waals surface area contributed by atoms with E-state index in [1.165, 1.54) is 0 Å². The van der Waals surface area contributed by atoms with Crippen LogP contribution in [0.5, 0.6) is 17.2 Å². The van der Waals surface area contributed by atoms with Crippen molar-refractivity contribution >= 4 is 11.6 Å². The van der Waals surface area contributed by atoms with Crippen molar-refractivity contribution in [3.63, 3.8) is 0 Å². The zero-order valence-electron chi connectivity index (χ0n) is 12.2. The second-order valence-corrected chi connectivity index (χ2v) is 5.01. The fraction of sp³-hybridized carbons (Fsp3) is 0.571. The number of hydrogen-bond acceptors (Lipinski definition) is 5. The van der Waals surface area contributed by atoms with Crippen molar-refractivity contribution in [2.75, 3.05) is 47.5 Å². The molecule has 0 amide bonds. The topological polar surface area (TPSA) is 43.0 Å². The minimum Gasteiger partial charge on any atom is -0.496 e. The Kier molecular flexibility index (Phi) is 5.34. The molecule has 6 heteroatoms. The van der Waals surface area contributed by atoms with Gasteiger partial charge in [0.05, 0.1) is 26.4 Å². The number of hydrogen-bond donors (Lipinski definition) is 1. The highest BCUT2D eigenvalue weighted by Crippen LogP contribution is 2.43. The predicted molar refractivity (Wildman–Crippen MR) is 79.3 cm³/mol. The molecule has 112 valence electrons. The van der Waals surface area contributed by atoms with Crippen molar-refractivity contribution in [3.05, 3.63) is 16.7 Å². The summed E-state index contributed by atoms with van der Waals surface area (Å²) in [5.41, 5.74) is 0.939. The maximum absolute atomic E-state index is 6.47. The molecule has 0 radical (unpaired) electrons. The number of halogens is 1. The molecule has 1 aromatic rings. The van der Waals surface area contributed by atoms with Crippen LogP contribution in [0, 0.1) is 0 Å². The lowest BCUT2D eigenvalue weighted by atomic mass is 10.1. The number of nitrogens with one attached hydrogen (secondary N) is 1. The molecule has 1 fully saturated rings. The van der Waals surface area contributed by atoms with E-state index in [2.05, 4.69) is 10.2 Å². The SMILES string of the molecule is COc1cc(OC)c(OC)c(Cl)c1CN1CCNCC1. The second-order valence-electron chi connectivity index (χ2n) is 4.63. The van der Waals surface area contributed by atoms with Gasteiger partial charge in [0.2, 0.25) is 0 Å². The zero-order chi connectivity index (χ0) is 14.5. The molecule has 1 aliphatic rings. The standard InChI is InChI=1S/C14H21ClN2O3/c1-18-11-8-12(19-2)14(20-3)13(15)10(11)9-17-6-4-16-5-7-17/h8,16H,4-7,9H2,1-3H3. The Morgan fingerprint density at radius 2 is 1.75 bits per heavy atom. The van der Waals surface area contributed by atoms with Gasteiger partial charge in [-0.1, -0.05) is 11.6 Å². The van der Waals surface area contributed by atoms with Crippen LogP contribution in [-0.4, -0.2) is 52.4 Å². The summed E-state index contributed by atoms with van der Waals surface area (Å²) in [6, 6.07) is 1.82. The first kappa shape index (κ1) is 15.2. The normalized spacial score (nSPS) is 16.0. The van der Waals surface area contributed by atoms with Crippen LogP contribution in [0.3, 0.4) is 0 Å². The molecule has 1 aromatic carbocycles. The van der Waals surface area contributed by atoms with E-state index in [1.54, 1.807) is 21.3 Å². The Hall–Kier alpha value is -1.17. The minimum absolute atomic E-state index is 0.556. The van der Waals surface area contributed by atoms with Crippen LogP contribution in [0.2, 0.25) is 5.02 Å². The van der Waals surface area contributed by atoms with Gasteiger partial charge in [0, 0.05) is 44.4 Å². The molecular formula is C14H21ClN2O3. The molecule has 5 nitrogen and oxygen atoms in total. The molecule has 2 rings (SSSR count). The van der Waals surface area contributed by atoms with Crippen LogP contribution in [-0.2, 0) is 6.54 Å². The Bertz CT molecular complexity index is 462. The molecule has 1 aliphatic heterocycles. The van der Waals surface area contributed by atoms with Gasteiger partial charge in [-0.25, -0.2) is 0 Å². The Morgan fingerprint density at radius 3 is 2.30 bits per heavy atom. The maximum Gasteiger partial charge on any atom is 0.179 e. The smallest absolute Gasteiger partial charge is 0.179 e. The first-order chi connectivity index (χ1) is 9.71. The van der Waals surface area contributed by atoms with Gasteiger partial charge in [-0.05, 0) is 0 Å². The van der Waals surface area contributed by atoms with Gasteiger partial charge in [-0.15, -0.1) is 0 Å². The lowest BCUT2D eigenvalue weighted by molar-refractivity contribution is 0.229. The van der Waals surface area contributed by atoms with Crippen molar-refractivity contribution in [2.45, 2.75) is 6.54 Å². The van der Waals surface area contributed by atoms with Gasteiger partial charge >= 0.3 is 0 Å². The molecule has 0 bridgehead atoms. The first-order valence-electron chi connectivity index (χ1n) is 6.61. The van der Waals surface area contributed by atoms with Gasteiger partial charge in [0.25, 0.3) is 0 Å². The van der Waals surface area contributed by atoms with E-state index < -0.39 is 0 Å². The summed E-state index contributed by atoms with van der Waals surface area (Å²) in [5, 5.41) is 3.89. The fourth-order valence-corrected chi connectivity index (χ4v) is 2.71. The molecule has 0 aliphatic carbocycles. The molecule has 0 spiro atoms. The van der Waals surface area contributed by atoms with Crippen molar-refractivity contribution in [1.29, 1.82) is 0 Å². The van der Waals surface area contributed by atoms with Crippen molar-refractivity contribution in [2.24, 2.45) is 0 Å². The van der Waals surface area contributed by atoms with E-state index in [0.29, 0.717) is 16.5 Å². The molecular weight excluding hydrogens is 280 g/mol. The molecule has 0 atom stereocenters. The number of methoxy groups -OCH3 is 3. The first-order valence-corrected chi connectivity index (χ1v) is 6.99. The monoisotopic (exact) mass is 300 g/mol. The molecule has 0 saturated carbocycles. The summed E-state index contributed by atoms with van der Waals surface area (Å²) in [6.45, 7) is 4.71. The zero-order valence-corrected chi connectivity index (χ0v) is 12.9. The van der Waals surface area contributed by atoms with Crippen LogP contribution < -0.4 is 19.5 Å². The highest BCUT2D eigenvalue weighted by molar-refractivity contribution is 6.33. The van der Waals surface area contributed by atoms with Gasteiger partial charge < -0.3 is 19.5 Å². The minimum atomic E-state index is 0.556. The fourth-order valence-electron chi connectivity index (χ4n) is 2.39. The van der Waals surface area contributed by atoms with E-state index in [0.717, 1.165) is 44.0 Å². The van der Waals surface area contributed by atoms with Gasteiger partial charge in [0.1, 0.15) is 5.75 Å². The van der Waals surface area contributed by atoms with E-state index in [-0.39, 0.29) is 0 Å². The number of piperazine rings is 1. The molecule has 20 heavy (non-hydrogen) atoms. The number of nitrogens with zero attached hydrogens (tertiary/aromatic N) is 1. The van der Waals surface area contributed by atoms with E-state index in [1.807, 2.05) is 6.07 Å². The largest absolute Gasteiger partial charge is 0.496 e. The summed E-state index contributed by atoms with van der Waals surface area (Å²) >= 11 is 6.47. The molecule has 0 unspecified atom stereocenters. The summed E-state index contributed by atoms with van der Waals surface area (Å²) in [5.74, 6) is 1.87. The van der Waals surface area contributed by atoms with Gasteiger partial charge in [0.15, 0.2) is 11.5 Å². The van der Waals surface area contributed by atoms with Crippen LogP contribution in [0.4, 0.5) is 0 Å². The lowest BCUT2D eigenvalue weighted by Gasteiger charge is -2.28. The summed E-state index contributed by atoms with van der Waals surface area (Å²) in [7, 11) is 4.81. The maximum atomic E-state index is 6.47. The number of rotatable bonds is 5. The molecule has 0 aromatic heterocycles. The summed E-state index contributed by atoms with van der Waals surface area (Å²) in [4.78, 5) is 2.34. The van der Waals surface area contributed by atoms with Crippen LogP contribution in [0.1, 0.15) is 5.56 Å². The quantitative estimate of drug-likeness (QED) is 0.898. The average Bonchev–Trinajstić information content (AvgIpc) is 2.49. The van der Waals surface area contributed by atoms with Crippen molar-refractivity contribution in [3.8, 4) is 17.2 Å². The second kappa shape index (κ2) is 7.02. The highest BCUT2D eigenvalue weighted by atomic mass is 35.5. The molecule has 1 heterocycles. The third kappa shape index (κ3) is 3.11. The van der Waals surface area contributed by atoms with E-state index in [9.17, 15) is 0 Å². The van der Waals surface area contributed by atoms with Crippen LogP contribution in [0.25, 0.3) is 0 Å². The van der Waals surface area contributed by atoms with E-state index >= 15 is 0 Å². The summed E-state index contributed by atoms with van der Waals surface area (Å²) < 4.78 is 16.1. The average molecular weight is 301 g/mol. The summed E-state index contributed by atoms with van der Waals surface area (Å²) in [6.07, 6.45) is 0. The third-order valence-corrected chi connectivity index (χ3v) is 3.88. The Balaban J connectivity index is 2.34. The Morgan fingerprint density at radius 1 is 1.10 bits per heavy atom. The highest BCUT2D eigenvalue weighted by Gasteiger charge is 2.21.